The number of carbonyl (C=O) groups is 2. The van der Waals surface area contributed by atoms with Crippen LogP contribution in [0, 0.1) is 20.8 Å². The van der Waals surface area contributed by atoms with Gasteiger partial charge in [-0.05, 0) is 33.3 Å². The lowest BCUT2D eigenvalue weighted by molar-refractivity contribution is -0.117. The first-order valence-electron chi connectivity index (χ1n) is 9.75. The zero-order valence-electron chi connectivity index (χ0n) is 17.4. The fraction of sp³-hybridized carbons (Fsp3) is 0.318. The van der Waals surface area contributed by atoms with E-state index in [4.69, 9.17) is 10.7 Å². The Bertz CT molecular complexity index is 1190. The molecule has 154 valence electrons. The Morgan fingerprint density at radius 1 is 1.13 bits per heavy atom. The van der Waals surface area contributed by atoms with Gasteiger partial charge in [0.15, 0.2) is 11.6 Å². The highest BCUT2D eigenvalue weighted by Crippen LogP contribution is 2.39. The van der Waals surface area contributed by atoms with E-state index in [9.17, 15) is 9.59 Å². The Labute approximate surface area is 178 Å². The van der Waals surface area contributed by atoms with Gasteiger partial charge in [0.05, 0.1) is 12.3 Å². The third kappa shape index (κ3) is 3.32. The molecule has 1 aromatic carbocycles. The van der Waals surface area contributed by atoms with Gasteiger partial charge >= 0.3 is 0 Å². The predicted octanol–water partition coefficient (Wildman–Crippen LogP) is 3.27. The molecule has 30 heavy (non-hydrogen) atoms. The van der Waals surface area contributed by atoms with E-state index in [1.54, 1.807) is 30.4 Å². The van der Waals surface area contributed by atoms with Crippen molar-refractivity contribution in [2.45, 2.75) is 40.2 Å². The van der Waals surface area contributed by atoms with Crippen LogP contribution < -0.4 is 5.73 Å². The molecule has 7 nitrogen and oxygen atoms in total. The lowest BCUT2D eigenvalue weighted by Gasteiger charge is -2.11. The number of ketones is 2. The summed E-state index contributed by atoms with van der Waals surface area (Å²) in [4.78, 5) is 30.1. The fourth-order valence-electron chi connectivity index (χ4n) is 3.73. The number of thiophene rings is 1. The number of carbonyl (C=O) groups excluding carboxylic acids is 2. The van der Waals surface area contributed by atoms with Crippen LogP contribution in [0.3, 0.4) is 0 Å². The topological polar surface area (TPSA) is 103 Å². The zero-order chi connectivity index (χ0) is 21.6. The van der Waals surface area contributed by atoms with Crippen LogP contribution >= 0.6 is 11.3 Å². The molecule has 1 atom stereocenters. The van der Waals surface area contributed by atoms with Gasteiger partial charge in [-0.15, -0.1) is 21.5 Å². The Morgan fingerprint density at radius 3 is 2.47 bits per heavy atom. The second kappa shape index (κ2) is 7.70. The molecule has 0 radical (unpaired) electrons. The van der Waals surface area contributed by atoms with Crippen LogP contribution in [0.2, 0.25) is 0 Å². The molecule has 0 bridgehead atoms. The smallest absolute Gasteiger partial charge is 0.176 e. The monoisotopic (exact) mass is 421 g/mol. The van der Waals surface area contributed by atoms with Gasteiger partial charge in [0.1, 0.15) is 22.7 Å². The maximum Gasteiger partial charge on any atom is 0.176 e. The first-order valence-corrected chi connectivity index (χ1v) is 10.6. The van der Waals surface area contributed by atoms with E-state index in [1.165, 1.54) is 4.88 Å². The van der Waals surface area contributed by atoms with E-state index in [-0.39, 0.29) is 24.5 Å². The third-order valence-electron chi connectivity index (χ3n) is 5.39. The number of nitrogens with zero attached hydrogens (tertiary/aromatic N) is 4. The van der Waals surface area contributed by atoms with Crippen LogP contribution in [0.5, 0.6) is 0 Å². The molecule has 0 amide bonds. The average Bonchev–Trinajstić information content (AvgIpc) is 3.19. The summed E-state index contributed by atoms with van der Waals surface area (Å²) in [6, 6.07) is 6.90. The van der Waals surface area contributed by atoms with Crippen molar-refractivity contribution in [3.63, 3.8) is 0 Å². The number of hydrogen-bond acceptors (Lipinski definition) is 7. The Morgan fingerprint density at radius 2 is 1.83 bits per heavy atom. The van der Waals surface area contributed by atoms with Gasteiger partial charge in [0.25, 0.3) is 0 Å². The number of nitrogens with two attached hydrogens (primary N) is 1. The zero-order valence-corrected chi connectivity index (χ0v) is 18.2. The summed E-state index contributed by atoms with van der Waals surface area (Å²) in [5, 5.41) is 9.64. The minimum absolute atomic E-state index is 0.0264. The first-order chi connectivity index (χ1) is 14.3. The minimum atomic E-state index is -0.427. The summed E-state index contributed by atoms with van der Waals surface area (Å²) in [5.41, 5.74) is 9.90. The van der Waals surface area contributed by atoms with Crippen molar-refractivity contribution < 1.29 is 9.59 Å². The number of Topliss-reactive ketones (excluding diaryl/α,β-unsaturated/α-hetero) is 2. The molecule has 0 fully saturated rings. The molecule has 0 unspecified atom stereocenters. The van der Waals surface area contributed by atoms with Crippen molar-refractivity contribution in [1.29, 1.82) is 0 Å². The van der Waals surface area contributed by atoms with E-state index in [2.05, 4.69) is 24.0 Å². The number of aryl methyl sites for hydroxylation is 2. The van der Waals surface area contributed by atoms with Crippen molar-refractivity contribution in [2.75, 3.05) is 6.54 Å². The summed E-state index contributed by atoms with van der Waals surface area (Å²) >= 11 is 1.67. The summed E-state index contributed by atoms with van der Waals surface area (Å²) in [6.45, 7) is 7.61. The highest BCUT2D eigenvalue weighted by atomic mass is 32.1. The number of fused-ring (bicyclic) bond motifs is 3. The Kier molecular flexibility index (Phi) is 5.21. The molecule has 3 heterocycles. The maximum atomic E-state index is 12.0. The number of rotatable bonds is 5. The number of hydrogen-bond donors (Lipinski definition) is 1. The summed E-state index contributed by atoms with van der Waals surface area (Å²) < 4.78 is 2.02. The number of aromatic nitrogens is 3. The minimum Gasteiger partial charge on any atom is -0.324 e. The molecule has 1 aliphatic rings. The fourth-order valence-corrected chi connectivity index (χ4v) is 4.94. The van der Waals surface area contributed by atoms with Crippen LogP contribution in [0.1, 0.15) is 63.0 Å². The second-order valence-electron chi connectivity index (χ2n) is 7.51. The summed E-state index contributed by atoms with van der Waals surface area (Å²) in [7, 11) is 0. The van der Waals surface area contributed by atoms with Crippen LogP contribution in [0.25, 0.3) is 5.00 Å². The lowest BCUT2D eigenvalue weighted by atomic mass is 9.98. The van der Waals surface area contributed by atoms with Crippen molar-refractivity contribution in [3.8, 4) is 5.00 Å². The predicted molar refractivity (Wildman–Crippen MR) is 117 cm³/mol. The van der Waals surface area contributed by atoms with Crippen molar-refractivity contribution >= 4 is 28.6 Å². The standard InChI is InChI=1S/C22H23N5O2S/c1-11(28)9-17-21-26-25-14(4)27(21)22-19(12(2)13(3)30-22)20(24-17)16-7-5-15(6-8-16)18(29)10-23/h5-8,17H,9-10,23H2,1-4H3/t17-/m0/s1. The van der Waals surface area contributed by atoms with Crippen molar-refractivity contribution in [2.24, 2.45) is 10.7 Å². The second-order valence-corrected chi connectivity index (χ2v) is 8.71. The van der Waals surface area contributed by atoms with Gasteiger partial charge in [-0.2, -0.15) is 0 Å². The average molecular weight is 422 g/mol. The molecule has 0 aliphatic carbocycles. The normalized spacial score (nSPS) is 15.2. The Hall–Kier alpha value is -2.97. The van der Waals surface area contributed by atoms with E-state index >= 15 is 0 Å². The van der Waals surface area contributed by atoms with Crippen LogP contribution in [0.4, 0.5) is 0 Å². The molecular weight excluding hydrogens is 398 g/mol. The molecule has 4 rings (SSSR count). The highest BCUT2D eigenvalue weighted by molar-refractivity contribution is 7.15. The van der Waals surface area contributed by atoms with Gasteiger partial charge < -0.3 is 5.73 Å². The maximum absolute atomic E-state index is 12.0. The number of aliphatic imine (C=N–C) groups is 1. The van der Waals surface area contributed by atoms with Gasteiger partial charge in [0.2, 0.25) is 0 Å². The molecule has 2 aromatic heterocycles. The van der Waals surface area contributed by atoms with Crippen LogP contribution in [0.15, 0.2) is 29.3 Å². The van der Waals surface area contributed by atoms with E-state index in [0.717, 1.165) is 33.2 Å². The molecular formula is C22H23N5O2S. The summed E-state index contributed by atoms with van der Waals surface area (Å²) in [6.07, 6.45) is 0.248. The SMILES string of the molecule is CC(=O)C[C@@H]1N=C(c2ccc(C(=O)CN)cc2)c2c(sc(C)c2C)-n2c(C)nnc21. The number of benzene rings is 1. The molecule has 0 saturated carbocycles. The Balaban J connectivity index is 1.96. The molecule has 0 spiro atoms. The van der Waals surface area contributed by atoms with Gasteiger partial charge in [-0.25, -0.2) is 0 Å². The molecule has 1 aliphatic heterocycles. The quantitative estimate of drug-likeness (QED) is 0.637. The van der Waals surface area contributed by atoms with E-state index in [1.807, 2.05) is 23.6 Å². The van der Waals surface area contributed by atoms with Crippen molar-refractivity contribution in [3.05, 3.63) is 63.0 Å². The highest BCUT2D eigenvalue weighted by Gasteiger charge is 2.31. The van der Waals surface area contributed by atoms with Crippen LogP contribution in [-0.4, -0.2) is 38.6 Å². The lowest BCUT2D eigenvalue weighted by Crippen LogP contribution is -2.14. The third-order valence-corrected chi connectivity index (χ3v) is 6.58. The molecule has 0 saturated heterocycles. The van der Waals surface area contributed by atoms with E-state index < -0.39 is 6.04 Å². The molecule has 2 N–H and O–H groups in total. The van der Waals surface area contributed by atoms with Gasteiger partial charge in [-0.3, -0.25) is 19.1 Å². The van der Waals surface area contributed by atoms with E-state index in [0.29, 0.717) is 11.4 Å². The largest absolute Gasteiger partial charge is 0.324 e. The van der Waals surface area contributed by atoms with Gasteiger partial charge in [0, 0.05) is 28.0 Å². The summed E-state index contributed by atoms with van der Waals surface area (Å²) in [5.74, 6) is 1.37. The molecule has 8 heteroatoms. The van der Waals surface area contributed by atoms with Crippen molar-refractivity contribution in [1.82, 2.24) is 14.8 Å². The first kappa shape index (κ1) is 20.3. The van der Waals surface area contributed by atoms with Gasteiger partial charge in [-0.1, -0.05) is 24.3 Å². The van der Waals surface area contributed by atoms with Crippen LogP contribution in [-0.2, 0) is 4.79 Å². The molecule has 3 aromatic rings.